The largest absolute Gasteiger partial charge is 0.497 e. The number of nitrogens with zero attached hydrogens (tertiary/aromatic N) is 1. The molecule has 2 heterocycles. The number of thiophene rings is 1. The summed E-state index contributed by atoms with van der Waals surface area (Å²) in [5.74, 6) is 0.844. The Morgan fingerprint density at radius 3 is 2.74 bits per heavy atom. The molecule has 122 valence electrons. The van der Waals surface area contributed by atoms with Gasteiger partial charge in [-0.2, -0.15) is 0 Å². The molecule has 2 aromatic rings. The van der Waals surface area contributed by atoms with Crippen LogP contribution in [0.4, 0.5) is 0 Å². The van der Waals surface area contributed by atoms with E-state index in [0.29, 0.717) is 6.54 Å². The van der Waals surface area contributed by atoms with Gasteiger partial charge < -0.3 is 14.7 Å². The monoisotopic (exact) mass is 331 g/mol. The maximum absolute atomic E-state index is 12.6. The van der Waals surface area contributed by atoms with Gasteiger partial charge in [0.15, 0.2) is 0 Å². The topological polar surface area (TPSA) is 49.8 Å². The Bertz CT molecular complexity index is 693. The number of hydrogen-bond donors (Lipinski definition) is 1. The maximum atomic E-state index is 12.6. The number of aliphatic hydroxyl groups is 1. The zero-order chi connectivity index (χ0) is 16.4. The van der Waals surface area contributed by atoms with Gasteiger partial charge in [-0.25, -0.2) is 0 Å². The number of hydrogen-bond acceptors (Lipinski definition) is 4. The highest BCUT2D eigenvalue weighted by Crippen LogP contribution is 2.33. The van der Waals surface area contributed by atoms with Crippen molar-refractivity contribution in [3.05, 3.63) is 40.1 Å². The summed E-state index contributed by atoms with van der Waals surface area (Å²) >= 11 is 1.52. The number of amides is 1. The zero-order valence-corrected chi connectivity index (χ0v) is 14.2. The molecule has 1 N–H and O–H groups in total. The highest BCUT2D eigenvalue weighted by molar-refractivity contribution is 7.14. The molecule has 0 spiro atoms. The van der Waals surface area contributed by atoms with Crippen LogP contribution in [0.1, 0.15) is 27.4 Å². The first-order chi connectivity index (χ1) is 11.1. The second-order valence-corrected chi connectivity index (χ2v) is 7.11. The van der Waals surface area contributed by atoms with Crippen molar-refractivity contribution in [3.63, 3.8) is 0 Å². The van der Waals surface area contributed by atoms with Gasteiger partial charge in [-0.05, 0) is 49.1 Å². The molecule has 0 aliphatic carbocycles. The van der Waals surface area contributed by atoms with E-state index in [4.69, 9.17) is 4.74 Å². The lowest BCUT2D eigenvalue weighted by atomic mass is 10.1. The summed E-state index contributed by atoms with van der Waals surface area (Å²) in [6.07, 6.45) is 1.25. The number of aryl methyl sites for hydroxylation is 1. The predicted molar refractivity (Wildman–Crippen MR) is 92.2 cm³/mol. The van der Waals surface area contributed by atoms with E-state index in [2.05, 4.69) is 0 Å². The van der Waals surface area contributed by atoms with Crippen molar-refractivity contribution in [2.24, 2.45) is 0 Å². The molecule has 1 fully saturated rings. The van der Waals surface area contributed by atoms with Crippen molar-refractivity contribution >= 4 is 17.2 Å². The fraction of sp³-hybridized carbons (Fsp3) is 0.389. The Morgan fingerprint density at radius 1 is 1.35 bits per heavy atom. The molecule has 1 saturated heterocycles. The number of rotatable bonds is 3. The first kappa shape index (κ1) is 16.0. The number of carbonyl (C=O) groups excluding carboxylic acids is 1. The van der Waals surface area contributed by atoms with Gasteiger partial charge in [0.25, 0.3) is 5.91 Å². The summed E-state index contributed by atoms with van der Waals surface area (Å²) in [4.78, 5) is 16.3. The highest BCUT2D eigenvalue weighted by atomic mass is 32.1. The molecule has 1 aliphatic rings. The second-order valence-electron chi connectivity index (χ2n) is 5.86. The van der Waals surface area contributed by atoms with E-state index in [1.807, 2.05) is 37.3 Å². The fourth-order valence-electron chi connectivity index (χ4n) is 2.94. The number of carbonyl (C=O) groups is 1. The minimum absolute atomic E-state index is 0.0246. The molecule has 1 atom stereocenters. The molecule has 1 aromatic carbocycles. The first-order valence-electron chi connectivity index (χ1n) is 7.80. The molecule has 1 amide bonds. The van der Waals surface area contributed by atoms with Crippen LogP contribution in [0.5, 0.6) is 5.75 Å². The third-order valence-electron chi connectivity index (χ3n) is 4.21. The number of piperidine rings is 1. The van der Waals surface area contributed by atoms with E-state index in [-0.39, 0.29) is 5.91 Å². The lowest BCUT2D eigenvalue weighted by molar-refractivity contribution is 0.0478. The van der Waals surface area contributed by atoms with Crippen LogP contribution in [0.25, 0.3) is 11.1 Å². The summed E-state index contributed by atoms with van der Waals surface area (Å²) in [5, 5.41) is 9.76. The Balaban J connectivity index is 1.83. The molecule has 1 unspecified atom stereocenters. The Hall–Kier alpha value is -1.85. The first-order valence-corrected chi connectivity index (χ1v) is 8.62. The number of benzene rings is 1. The molecule has 0 radical (unpaired) electrons. The lowest BCUT2D eigenvalue weighted by Crippen LogP contribution is -2.41. The number of β-amino-alcohol motifs (C(OH)–C–C–N with tert-alkyl or cyclic N) is 1. The van der Waals surface area contributed by atoms with Gasteiger partial charge in [0.2, 0.25) is 0 Å². The molecule has 4 nitrogen and oxygen atoms in total. The van der Waals surface area contributed by atoms with E-state index in [9.17, 15) is 9.90 Å². The molecule has 0 bridgehead atoms. The van der Waals surface area contributed by atoms with E-state index >= 15 is 0 Å². The van der Waals surface area contributed by atoms with E-state index in [0.717, 1.165) is 46.0 Å². The van der Waals surface area contributed by atoms with Gasteiger partial charge in [-0.15, -0.1) is 11.3 Å². The third kappa shape index (κ3) is 3.41. The molecule has 23 heavy (non-hydrogen) atoms. The van der Waals surface area contributed by atoms with Crippen LogP contribution in [0.2, 0.25) is 0 Å². The molecule has 3 rings (SSSR count). The van der Waals surface area contributed by atoms with Gasteiger partial charge in [0, 0.05) is 18.0 Å². The van der Waals surface area contributed by atoms with E-state index in [1.54, 1.807) is 12.0 Å². The molecule has 1 aromatic heterocycles. The lowest BCUT2D eigenvalue weighted by Gasteiger charge is -2.29. The molecular formula is C18H21NO3S. The van der Waals surface area contributed by atoms with Crippen molar-refractivity contribution in [2.75, 3.05) is 20.2 Å². The fourth-order valence-corrected chi connectivity index (χ4v) is 3.95. The third-order valence-corrected chi connectivity index (χ3v) is 5.25. The van der Waals surface area contributed by atoms with Crippen molar-refractivity contribution in [3.8, 4) is 16.9 Å². The molecule has 1 aliphatic heterocycles. The van der Waals surface area contributed by atoms with Gasteiger partial charge in [-0.1, -0.05) is 12.1 Å². The predicted octanol–water partition coefficient (Wildman–Crippen LogP) is 3.33. The average molecular weight is 331 g/mol. The highest BCUT2D eigenvalue weighted by Gasteiger charge is 2.24. The maximum Gasteiger partial charge on any atom is 0.264 e. The summed E-state index contributed by atoms with van der Waals surface area (Å²) < 4.78 is 5.19. The van der Waals surface area contributed by atoms with Crippen molar-refractivity contribution < 1.29 is 14.6 Å². The Kier molecular flexibility index (Phi) is 4.68. The second kappa shape index (κ2) is 6.72. The summed E-state index contributed by atoms with van der Waals surface area (Å²) in [6.45, 7) is 3.20. The molecule has 0 saturated carbocycles. The van der Waals surface area contributed by atoms with Crippen LogP contribution in [0.15, 0.2) is 30.3 Å². The van der Waals surface area contributed by atoms with Gasteiger partial charge in [0.05, 0.1) is 18.1 Å². The van der Waals surface area contributed by atoms with E-state index < -0.39 is 6.10 Å². The Morgan fingerprint density at radius 2 is 2.09 bits per heavy atom. The summed E-state index contributed by atoms with van der Waals surface area (Å²) in [7, 11) is 1.65. The van der Waals surface area contributed by atoms with Crippen LogP contribution in [0.3, 0.4) is 0 Å². The Labute approximate surface area is 140 Å². The summed E-state index contributed by atoms with van der Waals surface area (Å²) in [5.41, 5.74) is 2.16. The van der Waals surface area contributed by atoms with Gasteiger partial charge in [0.1, 0.15) is 5.75 Å². The van der Waals surface area contributed by atoms with E-state index in [1.165, 1.54) is 11.3 Å². The van der Waals surface area contributed by atoms with Crippen LogP contribution < -0.4 is 4.74 Å². The molecular weight excluding hydrogens is 310 g/mol. The number of ether oxygens (including phenoxy) is 1. The number of likely N-dealkylation sites (tertiary alicyclic amines) is 1. The minimum atomic E-state index is -0.394. The van der Waals surface area contributed by atoms with Crippen molar-refractivity contribution in [1.29, 1.82) is 0 Å². The van der Waals surface area contributed by atoms with Crippen LogP contribution >= 0.6 is 11.3 Å². The summed E-state index contributed by atoms with van der Waals surface area (Å²) in [6, 6.07) is 9.83. The van der Waals surface area contributed by atoms with Crippen LogP contribution in [0, 0.1) is 6.92 Å². The van der Waals surface area contributed by atoms with Crippen molar-refractivity contribution in [2.45, 2.75) is 25.9 Å². The molecule has 5 heteroatoms. The van der Waals surface area contributed by atoms with Crippen LogP contribution in [-0.2, 0) is 0 Å². The number of aliphatic hydroxyl groups excluding tert-OH is 1. The standard InChI is InChI=1S/C18H21NO3S/c1-12-16(13-5-7-15(22-2)8-6-13)10-17(23-12)18(21)19-9-3-4-14(20)11-19/h5-8,10,14,20H,3-4,9,11H2,1-2H3. The minimum Gasteiger partial charge on any atom is -0.497 e. The van der Waals surface area contributed by atoms with Gasteiger partial charge in [-0.3, -0.25) is 4.79 Å². The van der Waals surface area contributed by atoms with Crippen LogP contribution in [-0.4, -0.2) is 42.2 Å². The number of methoxy groups -OCH3 is 1. The van der Waals surface area contributed by atoms with Crippen molar-refractivity contribution in [1.82, 2.24) is 4.90 Å². The smallest absolute Gasteiger partial charge is 0.264 e. The SMILES string of the molecule is COc1ccc(-c2cc(C(=O)N3CCCC(O)C3)sc2C)cc1. The zero-order valence-electron chi connectivity index (χ0n) is 13.4. The quantitative estimate of drug-likeness (QED) is 0.938. The normalized spacial score (nSPS) is 18.0. The van der Waals surface area contributed by atoms with Gasteiger partial charge >= 0.3 is 0 Å². The average Bonchev–Trinajstić information content (AvgIpc) is 2.96.